The molecule has 5 nitrogen and oxygen atoms in total. The molecule has 0 bridgehead atoms. The van der Waals surface area contributed by atoms with Crippen LogP contribution in [-0.4, -0.2) is 30.8 Å². The Morgan fingerprint density at radius 1 is 1.61 bits per heavy atom. The van der Waals surface area contributed by atoms with Crippen molar-refractivity contribution in [3.05, 3.63) is 23.5 Å². The molecule has 0 aliphatic heterocycles. The van der Waals surface area contributed by atoms with Crippen LogP contribution in [0.4, 0.5) is 0 Å². The molecule has 1 rings (SSSR count). The van der Waals surface area contributed by atoms with E-state index in [0.717, 1.165) is 0 Å². The number of aromatic nitrogens is 1. The predicted molar refractivity (Wildman–Crippen MR) is 68.5 cm³/mol. The normalized spacial score (nSPS) is 13.3. The predicted octanol–water partition coefficient (Wildman–Crippen LogP) is 1.91. The van der Waals surface area contributed by atoms with Gasteiger partial charge in [-0.05, 0) is 13.0 Å². The molecule has 0 fully saturated rings. The van der Waals surface area contributed by atoms with Crippen molar-refractivity contribution >= 4 is 21.6 Å². The zero-order valence-corrected chi connectivity index (χ0v) is 11.7. The number of nitrogens with zero attached hydrogens (tertiary/aromatic N) is 3. The van der Waals surface area contributed by atoms with Gasteiger partial charge < -0.3 is 0 Å². The average molecular weight is 288 g/mol. The molecule has 1 unspecified atom stereocenters. The van der Waals surface area contributed by atoms with Crippen LogP contribution in [0.5, 0.6) is 0 Å². The summed E-state index contributed by atoms with van der Waals surface area (Å²) in [5.74, 6) is -0.379. The van der Waals surface area contributed by atoms with Crippen molar-refractivity contribution in [3.8, 4) is 6.07 Å². The molecule has 0 N–H and O–H groups in total. The fourth-order valence-electron chi connectivity index (χ4n) is 1.44. The average Bonchev–Trinajstić information content (AvgIpc) is 2.35. The van der Waals surface area contributed by atoms with Crippen LogP contribution in [0, 0.1) is 17.2 Å². The molecular formula is C11H14ClN3O2S. The minimum atomic E-state index is -3.70. The van der Waals surface area contributed by atoms with Crippen LogP contribution in [-0.2, 0) is 10.0 Å². The highest BCUT2D eigenvalue weighted by atomic mass is 35.5. The van der Waals surface area contributed by atoms with Crippen LogP contribution in [0.15, 0.2) is 23.4 Å². The Morgan fingerprint density at radius 3 is 2.78 bits per heavy atom. The Bertz CT molecular complexity index is 554. The summed E-state index contributed by atoms with van der Waals surface area (Å²) in [6.45, 7) is 3.80. The SMILES string of the molecule is CCN(CC(C)C#N)S(=O)(=O)c1cnccc1Cl. The number of rotatable bonds is 5. The molecular weight excluding hydrogens is 274 g/mol. The van der Waals surface area contributed by atoms with E-state index in [-0.39, 0.29) is 28.9 Å². The first kappa shape index (κ1) is 14.9. The summed E-state index contributed by atoms with van der Waals surface area (Å²) in [4.78, 5) is 3.74. The van der Waals surface area contributed by atoms with Gasteiger partial charge in [0.2, 0.25) is 10.0 Å². The number of sulfonamides is 1. The topological polar surface area (TPSA) is 74.1 Å². The molecule has 0 aromatic carbocycles. The number of nitriles is 1. The van der Waals surface area contributed by atoms with Crippen LogP contribution in [0.2, 0.25) is 5.02 Å². The molecule has 7 heteroatoms. The zero-order valence-electron chi connectivity index (χ0n) is 10.2. The number of hydrogen-bond acceptors (Lipinski definition) is 4. The third-order valence-corrected chi connectivity index (χ3v) is 4.81. The second-order valence-corrected chi connectivity index (χ2v) is 6.11. The van der Waals surface area contributed by atoms with E-state index in [4.69, 9.17) is 16.9 Å². The van der Waals surface area contributed by atoms with E-state index in [2.05, 4.69) is 4.98 Å². The lowest BCUT2D eigenvalue weighted by molar-refractivity contribution is 0.399. The molecule has 0 aliphatic rings. The molecule has 0 spiro atoms. The molecule has 1 atom stereocenters. The van der Waals surface area contributed by atoms with Crippen LogP contribution >= 0.6 is 11.6 Å². The molecule has 18 heavy (non-hydrogen) atoms. The Kier molecular flexibility index (Phi) is 5.08. The molecule has 0 aliphatic carbocycles. The Morgan fingerprint density at radius 2 is 2.28 bits per heavy atom. The smallest absolute Gasteiger partial charge is 0.246 e. The first-order chi connectivity index (χ1) is 8.43. The van der Waals surface area contributed by atoms with Gasteiger partial charge in [0.05, 0.1) is 17.0 Å². The van der Waals surface area contributed by atoms with Gasteiger partial charge in [0, 0.05) is 25.5 Å². The fraction of sp³-hybridized carbons (Fsp3) is 0.455. The maximum Gasteiger partial charge on any atom is 0.246 e. The number of halogens is 1. The van der Waals surface area contributed by atoms with Gasteiger partial charge in [-0.15, -0.1) is 0 Å². The van der Waals surface area contributed by atoms with E-state index < -0.39 is 10.0 Å². The highest BCUT2D eigenvalue weighted by Gasteiger charge is 2.26. The molecule has 0 radical (unpaired) electrons. The van der Waals surface area contributed by atoms with Gasteiger partial charge in [0.25, 0.3) is 0 Å². The van der Waals surface area contributed by atoms with Crippen molar-refractivity contribution < 1.29 is 8.42 Å². The molecule has 0 saturated heterocycles. The standard InChI is InChI=1S/C11H14ClN3O2S/c1-3-15(8-9(2)6-13)18(16,17)11-7-14-5-4-10(11)12/h4-5,7,9H,3,8H2,1-2H3. The van der Waals surface area contributed by atoms with Gasteiger partial charge >= 0.3 is 0 Å². The van der Waals surface area contributed by atoms with Gasteiger partial charge in [0.1, 0.15) is 4.90 Å². The van der Waals surface area contributed by atoms with Gasteiger partial charge in [-0.1, -0.05) is 18.5 Å². The molecule has 0 amide bonds. The van der Waals surface area contributed by atoms with Crippen LogP contribution < -0.4 is 0 Å². The van der Waals surface area contributed by atoms with Gasteiger partial charge in [-0.2, -0.15) is 9.57 Å². The van der Waals surface area contributed by atoms with E-state index in [9.17, 15) is 8.42 Å². The summed E-state index contributed by atoms with van der Waals surface area (Å²) in [5.41, 5.74) is 0. The van der Waals surface area contributed by atoms with E-state index in [1.54, 1.807) is 13.8 Å². The quantitative estimate of drug-likeness (QED) is 0.829. The molecule has 1 heterocycles. The lowest BCUT2D eigenvalue weighted by atomic mass is 10.2. The summed E-state index contributed by atoms with van der Waals surface area (Å²) >= 11 is 5.87. The van der Waals surface area contributed by atoms with Gasteiger partial charge in [-0.25, -0.2) is 8.42 Å². The van der Waals surface area contributed by atoms with Crippen molar-refractivity contribution in [3.63, 3.8) is 0 Å². The zero-order chi connectivity index (χ0) is 13.8. The highest BCUT2D eigenvalue weighted by molar-refractivity contribution is 7.89. The fourth-order valence-corrected chi connectivity index (χ4v) is 3.38. The van der Waals surface area contributed by atoms with Crippen molar-refractivity contribution in [2.75, 3.05) is 13.1 Å². The van der Waals surface area contributed by atoms with Crippen LogP contribution in [0.1, 0.15) is 13.8 Å². The summed E-state index contributed by atoms with van der Waals surface area (Å²) in [5, 5.41) is 8.89. The minimum Gasteiger partial charge on any atom is -0.263 e. The van der Waals surface area contributed by atoms with Crippen molar-refractivity contribution in [2.45, 2.75) is 18.7 Å². The van der Waals surface area contributed by atoms with E-state index in [1.165, 1.54) is 22.8 Å². The molecule has 98 valence electrons. The van der Waals surface area contributed by atoms with E-state index >= 15 is 0 Å². The maximum absolute atomic E-state index is 12.3. The second-order valence-electron chi connectivity index (χ2n) is 3.79. The lowest BCUT2D eigenvalue weighted by Gasteiger charge is -2.21. The second kappa shape index (κ2) is 6.14. The summed E-state index contributed by atoms with van der Waals surface area (Å²) in [7, 11) is -3.70. The Labute approximate surface area is 112 Å². The maximum atomic E-state index is 12.3. The van der Waals surface area contributed by atoms with E-state index in [0.29, 0.717) is 0 Å². The monoisotopic (exact) mass is 287 g/mol. The highest BCUT2D eigenvalue weighted by Crippen LogP contribution is 2.23. The van der Waals surface area contributed by atoms with Crippen molar-refractivity contribution in [1.82, 2.24) is 9.29 Å². The van der Waals surface area contributed by atoms with Crippen molar-refractivity contribution in [2.24, 2.45) is 5.92 Å². The van der Waals surface area contributed by atoms with E-state index in [1.807, 2.05) is 6.07 Å². The molecule has 0 saturated carbocycles. The number of pyridine rings is 1. The summed E-state index contributed by atoms with van der Waals surface area (Å²) in [6, 6.07) is 3.44. The van der Waals surface area contributed by atoms with Crippen LogP contribution in [0.25, 0.3) is 0 Å². The third kappa shape index (κ3) is 3.19. The largest absolute Gasteiger partial charge is 0.263 e. The lowest BCUT2D eigenvalue weighted by Crippen LogP contribution is -2.34. The molecule has 1 aromatic rings. The Balaban J connectivity index is 3.13. The summed E-state index contributed by atoms with van der Waals surface area (Å²) in [6.07, 6.45) is 2.65. The number of hydrogen-bond donors (Lipinski definition) is 0. The summed E-state index contributed by atoms with van der Waals surface area (Å²) < 4.78 is 25.9. The first-order valence-electron chi connectivity index (χ1n) is 5.42. The minimum absolute atomic E-state index is 0.0290. The van der Waals surface area contributed by atoms with Crippen molar-refractivity contribution in [1.29, 1.82) is 5.26 Å². The first-order valence-corrected chi connectivity index (χ1v) is 7.24. The van der Waals surface area contributed by atoms with Gasteiger partial charge in [-0.3, -0.25) is 4.98 Å². The molecule has 1 aromatic heterocycles. The van der Waals surface area contributed by atoms with Crippen LogP contribution in [0.3, 0.4) is 0 Å². The third-order valence-electron chi connectivity index (χ3n) is 2.40. The van der Waals surface area contributed by atoms with Gasteiger partial charge in [0.15, 0.2) is 0 Å². The Hall–Kier alpha value is -1.16.